The van der Waals surface area contributed by atoms with Gasteiger partial charge in [-0.3, -0.25) is 0 Å². The first-order chi connectivity index (χ1) is 7.20. The molecule has 0 amide bonds. The number of aromatic nitrogens is 2. The van der Waals surface area contributed by atoms with Gasteiger partial charge in [0.05, 0.1) is 12.8 Å². The Labute approximate surface area is 88.3 Å². The summed E-state index contributed by atoms with van der Waals surface area (Å²) < 4.78 is 7.12. The number of anilines is 1. The predicted octanol–water partition coefficient (Wildman–Crippen LogP) is 1.77. The Bertz CT molecular complexity index is 476. The molecule has 0 unspecified atom stereocenters. The standard InChI is InChI=1S/C11H13N3O/c1-8-13-3-4-14(8)10-5-9(12)6-11(7-10)15-2/h3-7H,12H2,1-2H3. The summed E-state index contributed by atoms with van der Waals surface area (Å²) in [6, 6.07) is 5.60. The van der Waals surface area contributed by atoms with E-state index in [2.05, 4.69) is 4.98 Å². The Hall–Kier alpha value is -1.97. The molecule has 2 N–H and O–H groups in total. The molecule has 0 bridgehead atoms. The molecular formula is C11H13N3O. The monoisotopic (exact) mass is 203 g/mol. The van der Waals surface area contributed by atoms with Crippen LogP contribution in [0.1, 0.15) is 5.82 Å². The zero-order valence-corrected chi connectivity index (χ0v) is 8.77. The van der Waals surface area contributed by atoms with Crippen LogP contribution in [0.4, 0.5) is 5.69 Å². The fourth-order valence-electron chi connectivity index (χ4n) is 1.51. The summed E-state index contributed by atoms with van der Waals surface area (Å²) in [5, 5.41) is 0. The largest absolute Gasteiger partial charge is 0.497 e. The number of benzene rings is 1. The maximum Gasteiger partial charge on any atom is 0.123 e. The van der Waals surface area contributed by atoms with E-state index in [1.807, 2.05) is 29.8 Å². The van der Waals surface area contributed by atoms with Gasteiger partial charge in [0.15, 0.2) is 0 Å². The summed E-state index contributed by atoms with van der Waals surface area (Å²) in [5.74, 6) is 1.67. The van der Waals surface area contributed by atoms with Gasteiger partial charge in [-0.15, -0.1) is 0 Å². The normalized spacial score (nSPS) is 10.3. The van der Waals surface area contributed by atoms with Gasteiger partial charge in [0, 0.05) is 30.2 Å². The van der Waals surface area contributed by atoms with Crippen LogP contribution in [0.25, 0.3) is 5.69 Å². The van der Waals surface area contributed by atoms with Gasteiger partial charge in [0.25, 0.3) is 0 Å². The van der Waals surface area contributed by atoms with Crippen molar-refractivity contribution in [3.05, 3.63) is 36.4 Å². The Morgan fingerprint density at radius 3 is 2.73 bits per heavy atom. The molecule has 0 saturated carbocycles. The minimum absolute atomic E-state index is 0.678. The molecule has 2 rings (SSSR count). The summed E-state index contributed by atoms with van der Waals surface area (Å²) in [4.78, 5) is 4.16. The van der Waals surface area contributed by atoms with Gasteiger partial charge in [-0.05, 0) is 13.0 Å². The van der Waals surface area contributed by atoms with Crippen LogP contribution in [0.2, 0.25) is 0 Å². The molecule has 2 aromatic rings. The highest BCUT2D eigenvalue weighted by Crippen LogP contribution is 2.21. The minimum atomic E-state index is 0.678. The van der Waals surface area contributed by atoms with E-state index in [1.165, 1.54) is 0 Å². The minimum Gasteiger partial charge on any atom is -0.497 e. The Kier molecular flexibility index (Phi) is 2.33. The molecule has 4 nitrogen and oxygen atoms in total. The third-order valence-corrected chi connectivity index (χ3v) is 2.25. The second-order valence-corrected chi connectivity index (χ2v) is 3.31. The van der Waals surface area contributed by atoms with Crippen molar-refractivity contribution >= 4 is 5.69 Å². The number of rotatable bonds is 2. The van der Waals surface area contributed by atoms with Crippen molar-refractivity contribution in [3.8, 4) is 11.4 Å². The number of nitrogens with two attached hydrogens (primary N) is 1. The number of nitrogen functional groups attached to an aromatic ring is 1. The lowest BCUT2D eigenvalue weighted by molar-refractivity contribution is 0.415. The lowest BCUT2D eigenvalue weighted by Crippen LogP contribution is -1.98. The van der Waals surface area contributed by atoms with Crippen molar-refractivity contribution in [1.29, 1.82) is 0 Å². The van der Waals surface area contributed by atoms with Crippen LogP contribution in [0, 0.1) is 6.92 Å². The van der Waals surface area contributed by atoms with E-state index in [9.17, 15) is 0 Å². The van der Waals surface area contributed by atoms with Crippen molar-refractivity contribution in [3.63, 3.8) is 0 Å². The predicted molar refractivity (Wildman–Crippen MR) is 59.3 cm³/mol. The SMILES string of the molecule is COc1cc(N)cc(-n2ccnc2C)c1. The molecule has 0 atom stereocenters. The van der Waals surface area contributed by atoms with Crippen LogP contribution in [0.5, 0.6) is 5.75 Å². The van der Waals surface area contributed by atoms with E-state index >= 15 is 0 Å². The van der Waals surface area contributed by atoms with Crippen molar-refractivity contribution in [2.75, 3.05) is 12.8 Å². The van der Waals surface area contributed by atoms with E-state index in [1.54, 1.807) is 19.4 Å². The Morgan fingerprint density at radius 1 is 1.33 bits per heavy atom. The van der Waals surface area contributed by atoms with Crippen molar-refractivity contribution < 1.29 is 4.74 Å². The summed E-state index contributed by atoms with van der Waals surface area (Å²) in [7, 11) is 1.62. The maximum absolute atomic E-state index is 5.78. The van der Waals surface area contributed by atoms with Crippen LogP contribution in [0.3, 0.4) is 0 Å². The van der Waals surface area contributed by atoms with Crippen LogP contribution >= 0.6 is 0 Å². The summed E-state index contributed by atoms with van der Waals surface area (Å²) in [5.41, 5.74) is 7.42. The molecule has 0 aliphatic carbocycles. The second-order valence-electron chi connectivity index (χ2n) is 3.31. The van der Waals surface area contributed by atoms with Crippen molar-refractivity contribution in [2.45, 2.75) is 6.92 Å². The molecule has 1 heterocycles. The summed E-state index contributed by atoms with van der Waals surface area (Å²) >= 11 is 0. The number of nitrogens with zero attached hydrogens (tertiary/aromatic N) is 2. The molecule has 0 fully saturated rings. The Morgan fingerprint density at radius 2 is 2.13 bits per heavy atom. The van der Waals surface area contributed by atoms with E-state index in [4.69, 9.17) is 10.5 Å². The fraction of sp³-hybridized carbons (Fsp3) is 0.182. The van der Waals surface area contributed by atoms with Gasteiger partial charge < -0.3 is 15.0 Å². The molecule has 1 aromatic heterocycles. The smallest absolute Gasteiger partial charge is 0.123 e. The first kappa shape index (κ1) is 9.58. The number of hydrogen-bond acceptors (Lipinski definition) is 3. The zero-order valence-electron chi connectivity index (χ0n) is 8.77. The first-order valence-electron chi connectivity index (χ1n) is 4.65. The average Bonchev–Trinajstić information content (AvgIpc) is 2.63. The molecule has 15 heavy (non-hydrogen) atoms. The summed E-state index contributed by atoms with van der Waals surface area (Å²) in [6.45, 7) is 1.94. The molecule has 78 valence electrons. The molecule has 0 aliphatic heterocycles. The van der Waals surface area contributed by atoms with Gasteiger partial charge in [-0.2, -0.15) is 0 Å². The van der Waals surface area contributed by atoms with Crippen LogP contribution < -0.4 is 10.5 Å². The second kappa shape index (κ2) is 3.65. The molecule has 0 spiro atoms. The van der Waals surface area contributed by atoms with Gasteiger partial charge in [-0.25, -0.2) is 4.98 Å². The molecule has 1 aromatic carbocycles. The lowest BCUT2D eigenvalue weighted by atomic mass is 10.2. The van der Waals surface area contributed by atoms with E-state index in [0.29, 0.717) is 5.69 Å². The van der Waals surface area contributed by atoms with Crippen molar-refractivity contribution in [2.24, 2.45) is 0 Å². The van der Waals surface area contributed by atoms with Crippen molar-refractivity contribution in [1.82, 2.24) is 9.55 Å². The Balaban J connectivity index is 2.53. The number of ether oxygens (including phenoxy) is 1. The number of methoxy groups -OCH3 is 1. The fourth-order valence-corrected chi connectivity index (χ4v) is 1.51. The third kappa shape index (κ3) is 1.79. The third-order valence-electron chi connectivity index (χ3n) is 2.25. The molecular weight excluding hydrogens is 190 g/mol. The van der Waals surface area contributed by atoms with Gasteiger partial charge >= 0.3 is 0 Å². The van der Waals surface area contributed by atoms with E-state index in [0.717, 1.165) is 17.3 Å². The lowest BCUT2D eigenvalue weighted by Gasteiger charge is -2.08. The molecule has 0 aliphatic rings. The highest BCUT2D eigenvalue weighted by atomic mass is 16.5. The highest BCUT2D eigenvalue weighted by Gasteiger charge is 2.03. The van der Waals surface area contributed by atoms with Gasteiger partial charge in [0.1, 0.15) is 11.6 Å². The van der Waals surface area contributed by atoms with E-state index in [-0.39, 0.29) is 0 Å². The van der Waals surface area contributed by atoms with Crippen LogP contribution in [-0.2, 0) is 0 Å². The topological polar surface area (TPSA) is 53.1 Å². The molecule has 4 heteroatoms. The van der Waals surface area contributed by atoms with Crippen LogP contribution in [0.15, 0.2) is 30.6 Å². The first-order valence-corrected chi connectivity index (χ1v) is 4.65. The van der Waals surface area contributed by atoms with E-state index < -0.39 is 0 Å². The molecule has 0 saturated heterocycles. The van der Waals surface area contributed by atoms with Gasteiger partial charge in [0.2, 0.25) is 0 Å². The average molecular weight is 203 g/mol. The number of aryl methyl sites for hydroxylation is 1. The number of imidazole rings is 1. The van der Waals surface area contributed by atoms with Gasteiger partial charge in [-0.1, -0.05) is 0 Å². The number of hydrogen-bond donors (Lipinski definition) is 1. The summed E-state index contributed by atoms with van der Waals surface area (Å²) in [6.07, 6.45) is 3.65. The maximum atomic E-state index is 5.78. The molecule has 0 radical (unpaired) electrons. The van der Waals surface area contributed by atoms with Crippen LogP contribution in [-0.4, -0.2) is 16.7 Å². The highest BCUT2D eigenvalue weighted by molar-refractivity contribution is 5.53. The quantitative estimate of drug-likeness (QED) is 0.757. The zero-order chi connectivity index (χ0) is 10.8.